The van der Waals surface area contributed by atoms with Crippen molar-refractivity contribution in [3.63, 3.8) is 0 Å². The number of unbranched alkanes of at least 4 members (excludes halogenated alkanes) is 35. The largest absolute Gasteiger partial charge is 0.462 e. The molecule has 0 amide bonds. The summed E-state index contributed by atoms with van der Waals surface area (Å²) in [4.78, 5) is 24.6. The summed E-state index contributed by atoms with van der Waals surface area (Å²) in [5.41, 5.74) is 0. The highest BCUT2D eigenvalue weighted by Crippen LogP contribution is 2.17. The zero-order valence-corrected chi connectivity index (χ0v) is 51.4. The van der Waals surface area contributed by atoms with E-state index in [4.69, 9.17) is 9.47 Å². The van der Waals surface area contributed by atoms with Gasteiger partial charge in [0.25, 0.3) is 0 Å². The van der Waals surface area contributed by atoms with Crippen LogP contribution in [0, 0.1) is 0 Å². The third kappa shape index (κ3) is 65.1. The van der Waals surface area contributed by atoms with Gasteiger partial charge in [0.05, 0.1) is 6.61 Å². The summed E-state index contributed by atoms with van der Waals surface area (Å²) in [5.74, 6) is -0.588. The predicted octanol–water partition coefficient (Wildman–Crippen LogP) is 23.2. The summed E-state index contributed by atoms with van der Waals surface area (Å²) < 4.78 is 10.7. The minimum Gasteiger partial charge on any atom is -0.462 e. The molecule has 1 atom stereocenters. The molecule has 0 aliphatic carbocycles. The van der Waals surface area contributed by atoms with E-state index in [1.165, 1.54) is 205 Å². The molecule has 0 rings (SSSR count). The number of allylic oxidation sites excluding steroid dienone is 18. The van der Waals surface area contributed by atoms with E-state index < -0.39 is 6.10 Å². The molecule has 0 aliphatic rings. The number of ether oxygens (including phenoxy) is 2. The lowest BCUT2D eigenvalue weighted by Gasteiger charge is -2.15. The second-order valence-corrected chi connectivity index (χ2v) is 22.2. The van der Waals surface area contributed by atoms with Gasteiger partial charge in [0.15, 0.2) is 6.10 Å². The lowest BCUT2D eigenvalue weighted by Crippen LogP contribution is -2.28. The van der Waals surface area contributed by atoms with Crippen LogP contribution in [-0.4, -0.2) is 36.4 Å². The fraction of sp³-hybridized carbons (Fsp3) is 0.726. The van der Waals surface area contributed by atoms with Crippen LogP contribution in [-0.2, 0) is 19.1 Å². The quantitative estimate of drug-likeness (QED) is 0.0373. The number of hydrogen-bond acceptors (Lipinski definition) is 5. The van der Waals surface area contributed by atoms with Crippen LogP contribution in [0.15, 0.2) is 109 Å². The second kappa shape index (κ2) is 67.8. The monoisotopic (exact) mass is 1080 g/mol. The van der Waals surface area contributed by atoms with Gasteiger partial charge < -0.3 is 14.6 Å². The normalized spacial score (nSPS) is 12.9. The Labute approximate surface area is 484 Å². The molecule has 0 aliphatic heterocycles. The summed E-state index contributed by atoms with van der Waals surface area (Å²) in [6.45, 7) is 4.05. The van der Waals surface area contributed by atoms with Crippen molar-refractivity contribution >= 4 is 11.9 Å². The van der Waals surface area contributed by atoms with Gasteiger partial charge in [0.2, 0.25) is 0 Å². The van der Waals surface area contributed by atoms with E-state index in [0.29, 0.717) is 12.8 Å². The van der Waals surface area contributed by atoms with Gasteiger partial charge in [-0.15, -0.1) is 0 Å². The van der Waals surface area contributed by atoms with E-state index >= 15 is 0 Å². The van der Waals surface area contributed by atoms with Crippen LogP contribution in [0.5, 0.6) is 0 Å². The van der Waals surface area contributed by atoms with Gasteiger partial charge in [-0.1, -0.05) is 316 Å². The highest BCUT2D eigenvalue weighted by Gasteiger charge is 2.16. The van der Waals surface area contributed by atoms with E-state index in [1.54, 1.807) is 0 Å². The van der Waals surface area contributed by atoms with Crippen LogP contribution in [0.3, 0.4) is 0 Å². The van der Waals surface area contributed by atoms with Crippen molar-refractivity contribution in [1.82, 2.24) is 0 Å². The Morgan fingerprint density at radius 3 is 0.846 bits per heavy atom. The maximum Gasteiger partial charge on any atom is 0.306 e. The third-order valence-electron chi connectivity index (χ3n) is 14.6. The first-order valence-electron chi connectivity index (χ1n) is 33.4. The van der Waals surface area contributed by atoms with Crippen molar-refractivity contribution in [1.29, 1.82) is 0 Å². The van der Waals surface area contributed by atoms with Crippen molar-refractivity contribution in [2.45, 2.75) is 328 Å². The van der Waals surface area contributed by atoms with Gasteiger partial charge in [0, 0.05) is 12.8 Å². The van der Waals surface area contributed by atoms with E-state index in [9.17, 15) is 14.7 Å². The fourth-order valence-electron chi connectivity index (χ4n) is 9.57. The van der Waals surface area contributed by atoms with Crippen molar-refractivity contribution in [2.24, 2.45) is 0 Å². The molecule has 0 heterocycles. The molecule has 0 aromatic carbocycles. The molecule has 0 aromatic rings. The van der Waals surface area contributed by atoms with Crippen molar-refractivity contribution < 1.29 is 24.2 Å². The van der Waals surface area contributed by atoms with Crippen molar-refractivity contribution in [3.05, 3.63) is 109 Å². The van der Waals surface area contributed by atoms with Gasteiger partial charge in [0.1, 0.15) is 6.61 Å². The van der Waals surface area contributed by atoms with Gasteiger partial charge in [-0.2, -0.15) is 0 Å². The smallest absolute Gasteiger partial charge is 0.306 e. The molecule has 1 unspecified atom stereocenters. The standard InChI is InChI=1S/C73H126O5/c1-3-5-7-9-11-13-15-17-19-21-23-25-27-29-31-33-34-35-36-37-38-40-42-44-46-48-50-52-54-56-58-60-62-64-66-68-73(76)78-71(69-74)70-77-72(75)67-65-63-61-59-57-55-53-51-49-47-45-43-41-39-32-30-28-26-24-22-20-18-16-14-12-10-8-6-4-2/h5,7,11,13,17,19,22-25,29,31,34-35,37-38,42,44,71,74H,3-4,6,8-10,12,14-16,18,20-21,26-28,30,32-33,36,39-41,43,45-70H2,1-2H3/b7-5-,13-11-,19-17-,24-22-,25-23-,31-29-,35-34-,38-37-,44-42-. The lowest BCUT2D eigenvalue weighted by atomic mass is 10.0. The molecule has 448 valence electrons. The molecular formula is C73H126O5. The molecule has 0 aromatic heterocycles. The number of carbonyl (C=O) groups is 2. The number of rotatable bonds is 61. The summed E-state index contributed by atoms with van der Waals surface area (Å²) >= 11 is 0. The Morgan fingerprint density at radius 1 is 0.308 bits per heavy atom. The maximum atomic E-state index is 12.4. The van der Waals surface area contributed by atoms with Crippen molar-refractivity contribution in [3.8, 4) is 0 Å². The predicted molar refractivity (Wildman–Crippen MR) is 343 cm³/mol. The Bertz CT molecular complexity index is 1510. The van der Waals surface area contributed by atoms with Crippen molar-refractivity contribution in [2.75, 3.05) is 13.2 Å². The molecule has 0 radical (unpaired) electrons. The van der Waals surface area contributed by atoms with Gasteiger partial charge in [-0.3, -0.25) is 9.59 Å². The average molecular weight is 1080 g/mol. The third-order valence-corrected chi connectivity index (χ3v) is 14.6. The van der Waals surface area contributed by atoms with E-state index in [-0.39, 0.29) is 25.2 Å². The Hall–Kier alpha value is -3.44. The molecule has 5 nitrogen and oxygen atoms in total. The molecule has 5 heteroatoms. The molecular weight excluding hydrogens is 957 g/mol. The summed E-state index contributed by atoms with van der Waals surface area (Å²) in [7, 11) is 0. The lowest BCUT2D eigenvalue weighted by molar-refractivity contribution is -0.161. The van der Waals surface area contributed by atoms with E-state index in [0.717, 1.165) is 89.9 Å². The van der Waals surface area contributed by atoms with E-state index in [1.807, 2.05) is 0 Å². The molecule has 0 saturated heterocycles. The molecule has 0 saturated carbocycles. The zero-order valence-electron chi connectivity index (χ0n) is 51.4. The Morgan fingerprint density at radius 2 is 0.551 bits per heavy atom. The molecule has 0 spiro atoms. The molecule has 78 heavy (non-hydrogen) atoms. The molecule has 0 bridgehead atoms. The Kier molecular flexibility index (Phi) is 64.8. The molecule has 0 fully saturated rings. The minimum absolute atomic E-state index is 0.0695. The number of esters is 2. The Balaban J connectivity index is 3.50. The van der Waals surface area contributed by atoms with Crippen LogP contribution < -0.4 is 0 Å². The summed E-state index contributed by atoms with van der Waals surface area (Å²) in [6.07, 6.45) is 98.1. The van der Waals surface area contributed by atoms with Crippen LogP contribution in [0.4, 0.5) is 0 Å². The molecule has 1 N–H and O–H groups in total. The van der Waals surface area contributed by atoms with Crippen LogP contribution in [0.25, 0.3) is 0 Å². The summed E-state index contributed by atoms with van der Waals surface area (Å²) in [6, 6.07) is 0. The first-order valence-corrected chi connectivity index (χ1v) is 33.4. The van der Waals surface area contributed by atoms with Gasteiger partial charge in [-0.25, -0.2) is 0 Å². The van der Waals surface area contributed by atoms with Gasteiger partial charge in [-0.05, 0) is 103 Å². The number of aliphatic hydroxyl groups is 1. The average Bonchev–Trinajstić information content (AvgIpc) is 3.44. The first-order chi connectivity index (χ1) is 38.6. The number of hydrogen-bond donors (Lipinski definition) is 1. The van der Waals surface area contributed by atoms with Crippen LogP contribution in [0.2, 0.25) is 0 Å². The SMILES string of the molecule is CC/C=C\C/C=C\C/C=C\C/C=C\C/C=C\C/C=C\C/C=C\C/C=C\CCCCCCCCCCCCC(=O)OC(CO)COC(=O)CCCCCCCCCCCCCCCCCCC/C=C\CCCCCCCCCC. The minimum atomic E-state index is -0.781. The topological polar surface area (TPSA) is 72.8 Å². The van der Waals surface area contributed by atoms with Crippen LogP contribution in [0.1, 0.15) is 322 Å². The zero-order chi connectivity index (χ0) is 56.2. The number of carbonyl (C=O) groups excluding carboxylic acids is 2. The highest BCUT2D eigenvalue weighted by atomic mass is 16.6. The van der Waals surface area contributed by atoms with Crippen LogP contribution >= 0.6 is 0 Å². The highest BCUT2D eigenvalue weighted by molar-refractivity contribution is 5.70. The maximum absolute atomic E-state index is 12.4. The number of aliphatic hydroxyl groups excluding tert-OH is 1. The summed E-state index contributed by atoms with van der Waals surface area (Å²) in [5, 5.41) is 9.69. The first kappa shape index (κ1) is 74.6. The fourth-order valence-corrected chi connectivity index (χ4v) is 9.57. The van der Waals surface area contributed by atoms with E-state index in [2.05, 4.69) is 123 Å². The second-order valence-electron chi connectivity index (χ2n) is 22.2. The van der Waals surface area contributed by atoms with Gasteiger partial charge >= 0.3 is 11.9 Å².